The van der Waals surface area contributed by atoms with Gasteiger partial charge in [-0.15, -0.1) is 0 Å². The van der Waals surface area contributed by atoms with E-state index in [-0.39, 0.29) is 5.78 Å². The first kappa shape index (κ1) is 8.26. The van der Waals surface area contributed by atoms with Gasteiger partial charge in [-0.05, 0) is 18.6 Å². The summed E-state index contributed by atoms with van der Waals surface area (Å²) in [5, 5.41) is 12.5. The third-order valence-electron chi connectivity index (χ3n) is 2.23. The molecule has 1 aliphatic rings. The van der Waals surface area contributed by atoms with E-state index in [0.717, 1.165) is 5.69 Å². The van der Waals surface area contributed by atoms with E-state index in [4.69, 9.17) is 0 Å². The number of carbonyl (C=O) groups is 1. The molecule has 1 aromatic rings. The number of carbonyl (C=O) groups excluding carboxylic acids is 1. The second-order valence-corrected chi connectivity index (χ2v) is 3.14. The topological polar surface area (TPSA) is 49.3 Å². The maximum Gasteiger partial charge on any atom is 0.193 e. The molecule has 1 aliphatic heterocycles. The van der Waals surface area contributed by atoms with Gasteiger partial charge < -0.3 is 10.4 Å². The van der Waals surface area contributed by atoms with Gasteiger partial charge in [-0.3, -0.25) is 4.79 Å². The van der Waals surface area contributed by atoms with Crippen molar-refractivity contribution in [1.29, 1.82) is 0 Å². The number of para-hydroxylation sites is 1. The smallest absolute Gasteiger partial charge is 0.193 e. The summed E-state index contributed by atoms with van der Waals surface area (Å²) in [5.41, 5.74) is 1.41. The number of anilines is 1. The van der Waals surface area contributed by atoms with Crippen LogP contribution in [-0.4, -0.2) is 23.5 Å². The molecule has 3 nitrogen and oxygen atoms in total. The average Bonchev–Trinajstić information content (AvgIpc) is 2.29. The second-order valence-electron chi connectivity index (χ2n) is 3.14. The van der Waals surface area contributed by atoms with Crippen LogP contribution in [0.4, 0.5) is 5.69 Å². The third kappa shape index (κ3) is 1.42. The van der Waals surface area contributed by atoms with Crippen LogP contribution in [0.1, 0.15) is 16.8 Å². The first-order chi connectivity index (χ1) is 6.29. The molecule has 0 aromatic heterocycles. The highest BCUT2D eigenvalue weighted by atomic mass is 16.3. The Morgan fingerprint density at radius 2 is 2.15 bits per heavy atom. The number of hydrogen-bond acceptors (Lipinski definition) is 3. The van der Waals surface area contributed by atoms with Crippen LogP contribution >= 0.6 is 0 Å². The third-order valence-corrected chi connectivity index (χ3v) is 2.23. The molecule has 2 rings (SSSR count). The van der Waals surface area contributed by atoms with Crippen LogP contribution in [0, 0.1) is 0 Å². The summed E-state index contributed by atoms with van der Waals surface area (Å²) in [5.74, 6) is -0.180. The van der Waals surface area contributed by atoms with Gasteiger partial charge in [0.15, 0.2) is 5.78 Å². The van der Waals surface area contributed by atoms with Crippen LogP contribution in [0.2, 0.25) is 0 Å². The van der Waals surface area contributed by atoms with Crippen LogP contribution in [0.5, 0.6) is 0 Å². The Labute approximate surface area is 76.4 Å². The number of rotatable bonds is 0. The number of aliphatic hydroxyl groups is 1. The number of Topliss-reactive ketones (excluding diaryl/α,β-unsaturated/α-hetero) is 1. The number of benzene rings is 1. The molecule has 1 heterocycles. The van der Waals surface area contributed by atoms with Gasteiger partial charge in [0.1, 0.15) is 6.10 Å². The zero-order valence-corrected chi connectivity index (χ0v) is 7.16. The Morgan fingerprint density at radius 1 is 1.38 bits per heavy atom. The highest BCUT2D eigenvalue weighted by Gasteiger charge is 2.22. The van der Waals surface area contributed by atoms with Gasteiger partial charge >= 0.3 is 0 Å². The fourth-order valence-electron chi connectivity index (χ4n) is 1.51. The maximum atomic E-state index is 11.5. The fraction of sp³-hybridized carbons (Fsp3) is 0.300. The quantitative estimate of drug-likeness (QED) is 0.622. The predicted molar refractivity (Wildman–Crippen MR) is 49.9 cm³/mol. The minimum Gasteiger partial charge on any atom is -0.385 e. The summed E-state index contributed by atoms with van der Waals surface area (Å²) in [6, 6.07) is 7.26. The molecule has 1 atom stereocenters. The lowest BCUT2D eigenvalue weighted by Gasteiger charge is -2.05. The lowest BCUT2D eigenvalue weighted by molar-refractivity contribution is 0.0743. The lowest BCUT2D eigenvalue weighted by atomic mass is 10.0. The van der Waals surface area contributed by atoms with Gasteiger partial charge in [-0.25, -0.2) is 0 Å². The lowest BCUT2D eigenvalue weighted by Crippen LogP contribution is -2.19. The van der Waals surface area contributed by atoms with Crippen LogP contribution in [0.25, 0.3) is 0 Å². The van der Waals surface area contributed by atoms with Gasteiger partial charge in [0, 0.05) is 17.8 Å². The Balaban J connectivity index is 2.46. The highest BCUT2D eigenvalue weighted by Crippen LogP contribution is 2.20. The van der Waals surface area contributed by atoms with E-state index in [1.807, 2.05) is 12.1 Å². The van der Waals surface area contributed by atoms with E-state index in [2.05, 4.69) is 5.32 Å². The zero-order chi connectivity index (χ0) is 9.26. The fourth-order valence-corrected chi connectivity index (χ4v) is 1.51. The van der Waals surface area contributed by atoms with Gasteiger partial charge in [-0.2, -0.15) is 0 Å². The van der Waals surface area contributed by atoms with Gasteiger partial charge in [-0.1, -0.05) is 12.1 Å². The van der Waals surface area contributed by atoms with Crippen LogP contribution < -0.4 is 5.32 Å². The maximum absolute atomic E-state index is 11.5. The molecule has 13 heavy (non-hydrogen) atoms. The number of nitrogens with one attached hydrogen (secondary N) is 1. The molecule has 1 aromatic carbocycles. The van der Waals surface area contributed by atoms with Crippen molar-refractivity contribution in [1.82, 2.24) is 0 Å². The average molecular weight is 177 g/mol. The molecule has 0 spiro atoms. The molecule has 0 aliphatic carbocycles. The van der Waals surface area contributed by atoms with Crippen molar-refractivity contribution in [3.8, 4) is 0 Å². The largest absolute Gasteiger partial charge is 0.385 e. The molecule has 68 valence electrons. The first-order valence-electron chi connectivity index (χ1n) is 4.34. The molecule has 1 unspecified atom stereocenters. The molecule has 0 radical (unpaired) electrons. The van der Waals surface area contributed by atoms with Gasteiger partial charge in [0.25, 0.3) is 0 Å². The summed E-state index contributed by atoms with van der Waals surface area (Å²) in [7, 11) is 0. The van der Waals surface area contributed by atoms with Crippen LogP contribution in [0.15, 0.2) is 24.3 Å². The Hall–Kier alpha value is -1.35. The molecule has 2 N–H and O–H groups in total. The van der Waals surface area contributed by atoms with Crippen molar-refractivity contribution >= 4 is 11.5 Å². The van der Waals surface area contributed by atoms with Crippen molar-refractivity contribution in [3.63, 3.8) is 0 Å². The van der Waals surface area contributed by atoms with E-state index in [1.54, 1.807) is 12.1 Å². The summed E-state index contributed by atoms with van der Waals surface area (Å²) in [6.45, 7) is 0.643. The molecule has 0 bridgehead atoms. The number of fused-ring (bicyclic) bond motifs is 1. The van der Waals surface area contributed by atoms with E-state index < -0.39 is 6.10 Å². The van der Waals surface area contributed by atoms with Crippen molar-refractivity contribution in [2.45, 2.75) is 12.5 Å². The summed E-state index contributed by atoms with van der Waals surface area (Å²) in [6.07, 6.45) is -0.371. The van der Waals surface area contributed by atoms with E-state index in [0.29, 0.717) is 18.5 Å². The monoisotopic (exact) mass is 177 g/mol. The van der Waals surface area contributed by atoms with Crippen molar-refractivity contribution in [2.75, 3.05) is 11.9 Å². The van der Waals surface area contributed by atoms with Gasteiger partial charge in [0.05, 0.1) is 0 Å². The SMILES string of the molecule is O=C1c2ccccc2NCCC1O. The van der Waals surface area contributed by atoms with Gasteiger partial charge in [0.2, 0.25) is 0 Å². The normalized spacial score (nSPS) is 21.6. The zero-order valence-electron chi connectivity index (χ0n) is 7.16. The molecule has 0 fully saturated rings. The van der Waals surface area contributed by atoms with Crippen molar-refractivity contribution in [2.24, 2.45) is 0 Å². The number of ketones is 1. The Morgan fingerprint density at radius 3 is 3.00 bits per heavy atom. The first-order valence-corrected chi connectivity index (χ1v) is 4.34. The second kappa shape index (κ2) is 3.18. The number of aliphatic hydroxyl groups excluding tert-OH is 1. The number of hydrogen-bond donors (Lipinski definition) is 2. The minimum atomic E-state index is -0.851. The van der Waals surface area contributed by atoms with Crippen molar-refractivity contribution in [3.05, 3.63) is 29.8 Å². The molecule has 0 amide bonds. The molecule has 0 saturated heterocycles. The van der Waals surface area contributed by atoms with E-state index in [1.165, 1.54) is 0 Å². The minimum absolute atomic E-state index is 0.180. The van der Waals surface area contributed by atoms with Crippen molar-refractivity contribution < 1.29 is 9.90 Å². The summed E-state index contributed by atoms with van der Waals surface area (Å²) < 4.78 is 0. The standard InChI is InChI=1S/C10H11NO2/c12-9-5-6-11-8-4-2-1-3-7(8)10(9)13/h1-4,9,11-12H,5-6H2. The predicted octanol–water partition coefficient (Wildman–Crippen LogP) is 1.05. The summed E-state index contributed by atoms with van der Waals surface area (Å²) in [4.78, 5) is 11.5. The Bertz CT molecular complexity index is 335. The van der Waals surface area contributed by atoms with Crippen LogP contribution in [-0.2, 0) is 0 Å². The van der Waals surface area contributed by atoms with E-state index in [9.17, 15) is 9.90 Å². The van der Waals surface area contributed by atoms with E-state index >= 15 is 0 Å². The Kier molecular flexibility index (Phi) is 2.02. The molecular formula is C10H11NO2. The molecular weight excluding hydrogens is 166 g/mol. The van der Waals surface area contributed by atoms with Crippen LogP contribution in [0.3, 0.4) is 0 Å². The molecule has 3 heteroatoms. The highest BCUT2D eigenvalue weighted by molar-refractivity contribution is 6.04. The summed E-state index contributed by atoms with van der Waals surface area (Å²) >= 11 is 0. The molecule has 0 saturated carbocycles.